The van der Waals surface area contributed by atoms with E-state index >= 15 is 0 Å². The van der Waals surface area contributed by atoms with Crippen molar-refractivity contribution < 1.29 is 8.60 Å². The zero-order valence-corrected chi connectivity index (χ0v) is 12.4. The van der Waals surface area contributed by atoms with Crippen LogP contribution in [-0.2, 0) is 16.6 Å². The first-order chi connectivity index (χ1) is 8.56. The number of rotatable bonds is 3. The van der Waals surface area contributed by atoms with Crippen LogP contribution in [0.1, 0.15) is 5.56 Å². The summed E-state index contributed by atoms with van der Waals surface area (Å²) in [7, 11) is -1.39. The van der Waals surface area contributed by atoms with Crippen LogP contribution in [0.5, 0.6) is 0 Å². The Morgan fingerprint density at radius 2 is 1.83 bits per heavy atom. The quantitative estimate of drug-likeness (QED) is 0.661. The summed E-state index contributed by atoms with van der Waals surface area (Å²) in [5.41, 5.74) is 6.71. The summed E-state index contributed by atoms with van der Waals surface area (Å²) in [4.78, 5) is 0.197. The normalized spacial score (nSPS) is 12.3. The number of hydrogen-bond donors (Lipinski definition) is 1. The minimum atomic E-state index is -1.39. The average molecular weight is 375 g/mol. The lowest BCUT2D eigenvalue weighted by molar-refractivity contribution is 0.596. The highest BCUT2D eigenvalue weighted by molar-refractivity contribution is 14.1. The van der Waals surface area contributed by atoms with Gasteiger partial charge in [-0.25, -0.2) is 4.39 Å². The number of nitrogens with two attached hydrogens (primary N) is 1. The summed E-state index contributed by atoms with van der Waals surface area (Å²) in [5, 5.41) is 0. The van der Waals surface area contributed by atoms with Crippen LogP contribution in [0.2, 0.25) is 0 Å². The van der Waals surface area contributed by atoms with E-state index in [-0.39, 0.29) is 4.90 Å². The van der Waals surface area contributed by atoms with Crippen LogP contribution in [0.4, 0.5) is 10.1 Å². The molecule has 5 heteroatoms. The van der Waals surface area contributed by atoms with Crippen molar-refractivity contribution in [2.75, 3.05) is 5.73 Å². The topological polar surface area (TPSA) is 43.1 Å². The third-order valence-corrected chi connectivity index (χ3v) is 4.55. The van der Waals surface area contributed by atoms with E-state index < -0.39 is 16.6 Å². The van der Waals surface area contributed by atoms with Gasteiger partial charge in [0, 0.05) is 9.26 Å². The molecule has 0 aliphatic heterocycles. The van der Waals surface area contributed by atoms with E-state index in [1.807, 2.05) is 24.3 Å². The SMILES string of the molecule is Nc1ccc(S(=O)Cc2ccc(I)cc2)c(F)c1. The summed E-state index contributed by atoms with van der Waals surface area (Å²) in [6.45, 7) is 0. The molecule has 2 N–H and O–H groups in total. The molecule has 0 aromatic heterocycles. The Kier molecular flexibility index (Phi) is 4.34. The Morgan fingerprint density at radius 3 is 2.44 bits per heavy atom. The molecule has 0 saturated carbocycles. The predicted octanol–water partition coefficient (Wildman–Crippen LogP) is 3.32. The molecule has 2 nitrogen and oxygen atoms in total. The second-order valence-corrected chi connectivity index (χ2v) is 6.47. The van der Waals surface area contributed by atoms with Gasteiger partial charge in [-0.1, -0.05) is 12.1 Å². The fraction of sp³-hybridized carbons (Fsp3) is 0.0769. The van der Waals surface area contributed by atoms with Crippen molar-refractivity contribution in [3.63, 3.8) is 0 Å². The van der Waals surface area contributed by atoms with Gasteiger partial charge in [-0.15, -0.1) is 0 Å². The molecule has 2 aromatic rings. The van der Waals surface area contributed by atoms with Gasteiger partial charge in [0.15, 0.2) is 0 Å². The van der Waals surface area contributed by atoms with Crippen LogP contribution >= 0.6 is 22.6 Å². The molecule has 0 radical (unpaired) electrons. The minimum Gasteiger partial charge on any atom is -0.399 e. The second-order valence-electron chi connectivity index (χ2n) is 3.81. The maximum atomic E-state index is 13.6. The molecule has 1 unspecified atom stereocenters. The lowest BCUT2D eigenvalue weighted by atomic mass is 10.2. The highest BCUT2D eigenvalue weighted by Crippen LogP contribution is 2.19. The third-order valence-electron chi connectivity index (χ3n) is 2.41. The minimum absolute atomic E-state index is 0.197. The molecular weight excluding hydrogens is 364 g/mol. The zero-order valence-electron chi connectivity index (χ0n) is 9.40. The lowest BCUT2D eigenvalue weighted by Gasteiger charge is -2.05. The van der Waals surface area contributed by atoms with Gasteiger partial charge in [0.2, 0.25) is 0 Å². The van der Waals surface area contributed by atoms with Crippen LogP contribution in [0.25, 0.3) is 0 Å². The molecular formula is C13H11FINOS. The summed E-state index contributed by atoms with van der Waals surface area (Å²) < 4.78 is 26.8. The lowest BCUT2D eigenvalue weighted by Crippen LogP contribution is -2.00. The summed E-state index contributed by atoms with van der Waals surface area (Å²) in [6, 6.07) is 11.9. The van der Waals surface area contributed by atoms with Crippen molar-refractivity contribution >= 4 is 39.1 Å². The number of hydrogen-bond acceptors (Lipinski definition) is 2. The molecule has 0 bridgehead atoms. The zero-order chi connectivity index (χ0) is 13.1. The van der Waals surface area contributed by atoms with Crippen molar-refractivity contribution in [3.8, 4) is 0 Å². The van der Waals surface area contributed by atoms with E-state index in [2.05, 4.69) is 22.6 Å². The van der Waals surface area contributed by atoms with Crippen molar-refractivity contribution in [2.24, 2.45) is 0 Å². The van der Waals surface area contributed by atoms with Gasteiger partial charge in [0.05, 0.1) is 21.4 Å². The van der Waals surface area contributed by atoms with Gasteiger partial charge in [0.1, 0.15) is 5.82 Å². The van der Waals surface area contributed by atoms with Crippen molar-refractivity contribution in [2.45, 2.75) is 10.6 Å². The highest BCUT2D eigenvalue weighted by Gasteiger charge is 2.10. The molecule has 2 rings (SSSR count). The molecule has 0 amide bonds. The highest BCUT2D eigenvalue weighted by atomic mass is 127. The molecule has 1 atom stereocenters. The number of anilines is 1. The van der Waals surface area contributed by atoms with Crippen molar-refractivity contribution in [1.82, 2.24) is 0 Å². The van der Waals surface area contributed by atoms with E-state index in [1.165, 1.54) is 12.1 Å². The number of benzene rings is 2. The van der Waals surface area contributed by atoms with Gasteiger partial charge in [0.25, 0.3) is 0 Å². The maximum Gasteiger partial charge on any atom is 0.141 e. The van der Waals surface area contributed by atoms with Crippen LogP contribution in [-0.4, -0.2) is 4.21 Å². The fourth-order valence-corrected chi connectivity index (χ4v) is 3.02. The van der Waals surface area contributed by atoms with Crippen molar-refractivity contribution in [1.29, 1.82) is 0 Å². The molecule has 18 heavy (non-hydrogen) atoms. The van der Waals surface area contributed by atoms with Gasteiger partial charge in [-0.2, -0.15) is 0 Å². The molecule has 2 aromatic carbocycles. The Bertz CT molecular complexity index is 586. The molecule has 0 aliphatic rings. The first-order valence-electron chi connectivity index (χ1n) is 5.24. The van der Waals surface area contributed by atoms with Crippen LogP contribution in [0, 0.1) is 9.39 Å². The fourth-order valence-electron chi connectivity index (χ4n) is 1.51. The molecule has 0 saturated heterocycles. The number of halogens is 2. The Morgan fingerprint density at radius 1 is 1.17 bits per heavy atom. The summed E-state index contributed by atoms with van der Waals surface area (Å²) in [5.74, 6) is -0.212. The van der Waals surface area contributed by atoms with E-state index in [1.54, 1.807) is 6.07 Å². The van der Waals surface area contributed by atoms with Gasteiger partial charge >= 0.3 is 0 Å². The third kappa shape index (κ3) is 3.29. The largest absolute Gasteiger partial charge is 0.399 e. The first-order valence-corrected chi connectivity index (χ1v) is 7.64. The molecule has 0 aliphatic carbocycles. The van der Waals surface area contributed by atoms with Crippen LogP contribution in [0.3, 0.4) is 0 Å². The van der Waals surface area contributed by atoms with Crippen LogP contribution < -0.4 is 5.73 Å². The first kappa shape index (κ1) is 13.5. The molecule has 0 heterocycles. The Balaban J connectivity index is 2.19. The van der Waals surface area contributed by atoms with E-state index in [0.717, 1.165) is 9.13 Å². The summed E-state index contributed by atoms with van der Waals surface area (Å²) >= 11 is 2.20. The smallest absolute Gasteiger partial charge is 0.141 e. The Hall–Kier alpha value is -0.950. The molecule has 0 fully saturated rings. The van der Waals surface area contributed by atoms with E-state index in [4.69, 9.17) is 5.73 Å². The predicted molar refractivity (Wildman–Crippen MR) is 80.1 cm³/mol. The molecule has 0 spiro atoms. The van der Waals surface area contributed by atoms with Gasteiger partial charge in [-0.05, 0) is 58.5 Å². The molecule has 94 valence electrons. The number of nitrogen functional groups attached to an aromatic ring is 1. The standard InChI is InChI=1S/C13H11FINOS/c14-12-7-11(16)5-6-13(12)18(17)8-9-1-3-10(15)4-2-9/h1-7H,8,16H2. The van der Waals surface area contributed by atoms with Gasteiger partial charge in [-0.3, -0.25) is 4.21 Å². The van der Waals surface area contributed by atoms with E-state index in [0.29, 0.717) is 11.4 Å². The van der Waals surface area contributed by atoms with Crippen LogP contribution in [0.15, 0.2) is 47.4 Å². The summed E-state index contributed by atoms with van der Waals surface area (Å²) in [6.07, 6.45) is 0. The maximum absolute atomic E-state index is 13.6. The second kappa shape index (κ2) is 5.79. The Labute approximate surface area is 121 Å². The average Bonchev–Trinajstić information content (AvgIpc) is 2.32. The van der Waals surface area contributed by atoms with Crippen molar-refractivity contribution in [3.05, 3.63) is 57.4 Å². The monoisotopic (exact) mass is 375 g/mol. The van der Waals surface area contributed by atoms with Gasteiger partial charge < -0.3 is 5.73 Å². The van der Waals surface area contributed by atoms with E-state index in [9.17, 15) is 8.60 Å².